The Kier molecular flexibility index (Phi) is 3.83. The first-order valence-electron chi connectivity index (χ1n) is 8.06. The number of aliphatic hydroxyl groups is 1. The first kappa shape index (κ1) is 15.9. The maximum Gasteiger partial charge on any atom is 0.155 e. The number of nitrogens with zero attached hydrogens (tertiary/aromatic N) is 2. The Morgan fingerprint density at radius 2 is 1.48 bits per heavy atom. The number of aromatic nitrogens is 2. The summed E-state index contributed by atoms with van der Waals surface area (Å²) in [6, 6.07) is 23.2. The number of halogens is 1. The van der Waals surface area contributed by atoms with Crippen LogP contribution in [-0.4, -0.2) is 14.7 Å². The van der Waals surface area contributed by atoms with E-state index in [0.717, 1.165) is 27.7 Å². The lowest BCUT2D eigenvalue weighted by atomic mass is 9.83. The summed E-state index contributed by atoms with van der Waals surface area (Å²) in [5, 5.41) is 13.2. The highest BCUT2D eigenvalue weighted by Crippen LogP contribution is 2.39. The SMILES string of the molecule is Cn1c(C(O)(c2ccccc2)c2ccccc2)cc2c(Cl)nccc21. The Bertz CT molecular complexity index is 986. The van der Waals surface area contributed by atoms with Crippen molar-refractivity contribution in [1.29, 1.82) is 0 Å². The molecule has 1 N–H and O–H groups in total. The Morgan fingerprint density at radius 1 is 0.920 bits per heavy atom. The van der Waals surface area contributed by atoms with Crippen LogP contribution in [0.2, 0.25) is 5.15 Å². The van der Waals surface area contributed by atoms with E-state index in [4.69, 9.17) is 11.6 Å². The first-order chi connectivity index (χ1) is 12.1. The summed E-state index contributed by atoms with van der Waals surface area (Å²) < 4.78 is 1.98. The van der Waals surface area contributed by atoms with Crippen molar-refractivity contribution in [3.63, 3.8) is 0 Å². The molecule has 0 fully saturated rings. The number of hydrogen-bond donors (Lipinski definition) is 1. The van der Waals surface area contributed by atoms with Crippen LogP contribution in [-0.2, 0) is 12.6 Å². The van der Waals surface area contributed by atoms with Gasteiger partial charge in [0.15, 0.2) is 5.60 Å². The zero-order valence-electron chi connectivity index (χ0n) is 13.7. The van der Waals surface area contributed by atoms with Gasteiger partial charge in [-0.1, -0.05) is 72.3 Å². The molecular weight excluding hydrogens is 332 g/mol. The molecule has 124 valence electrons. The van der Waals surface area contributed by atoms with Gasteiger partial charge in [-0.05, 0) is 23.3 Å². The summed E-state index contributed by atoms with van der Waals surface area (Å²) in [6.07, 6.45) is 1.68. The summed E-state index contributed by atoms with van der Waals surface area (Å²) in [4.78, 5) is 4.16. The molecule has 0 saturated carbocycles. The molecule has 0 amide bonds. The number of benzene rings is 2. The number of hydrogen-bond acceptors (Lipinski definition) is 2. The topological polar surface area (TPSA) is 38.0 Å². The Hall–Kier alpha value is -2.62. The molecule has 2 aromatic heterocycles. The Morgan fingerprint density at radius 3 is 2.00 bits per heavy atom. The van der Waals surface area contributed by atoms with Gasteiger partial charge in [0.1, 0.15) is 5.15 Å². The lowest BCUT2D eigenvalue weighted by Crippen LogP contribution is -2.31. The third-order valence-electron chi connectivity index (χ3n) is 4.68. The summed E-state index contributed by atoms with van der Waals surface area (Å²) in [5.74, 6) is 0. The third kappa shape index (κ3) is 2.44. The average molecular weight is 349 g/mol. The van der Waals surface area contributed by atoms with E-state index in [1.165, 1.54) is 0 Å². The molecule has 0 aliphatic carbocycles. The van der Waals surface area contributed by atoms with Gasteiger partial charge in [0.05, 0.1) is 11.2 Å². The molecular formula is C21H17ClN2O. The average Bonchev–Trinajstić information content (AvgIpc) is 3.01. The molecule has 4 aromatic rings. The zero-order valence-corrected chi connectivity index (χ0v) is 14.5. The molecule has 4 rings (SSSR count). The second-order valence-corrected chi connectivity index (χ2v) is 6.42. The van der Waals surface area contributed by atoms with E-state index >= 15 is 0 Å². The van der Waals surface area contributed by atoms with E-state index in [1.54, 1.807) is 6.20 Å². The predicted molar refractivity (Wildman–Crippen MR) is 101 cm³/mol. The van der Waals surface area contributed by atoms with Crippen LogP contribution in [0.3, 0.4) is 0 Å². The highest BCUT2D eigenvalue weighted by atomic mass is 35.5. The second kappa shape index (κ2) is 6.03. The van der Waals surface area contributed by atoms with Crippen molar-refractivity contribution in [1.82, 2.24) is 9.55 Å². The van der Waals surface area contributed by atoms with E-state index in [1.807, 2.05) is 84.4 Å². The molecule has 0 aliphatic rings. The van der Waals surface area contributed by atoms with Crippen molar-refractivity contribution in [2.75, 3.05) is 0 Å². The summed E-state index contributed by atoms with van der Waals surface area (Å²) in [6.45, 7) is 0. The van der Waals surface area contributed by atoms with Crippen LogP contribution in [0, 0.1) is 0 Å². The lowest BCUT2D eigenvalue weighted by molar-refractivity contribution is 0.118. The highest BCUT2D eigenvalue weighted by molar-refractivity contribution is 6.34. The van der Waals surface area contributed by atoms with Crippen LogP contribution in [0.25, 0.3) is 10.9 Å². The molecule has 0 radical (unpaired) electrons. The van der Waals surface area contributed by atoms with Crippen molar-refractivity contribution in [2.45, 2.75) is 5.60 Å². The fraction of sp³-hybridized carbons (Fsp3) is 0.0952. The zero-order chi connectivity index (χ0) is 17.4. The van der Waals surface area contributed by atoms with Crippen LogP contribution in [0.1, 0.15) is 16.8 Å². The maximum atomic E-state index is 11.9. The van der Waals surface area contributed by atoms with E-state index in [0.29, 0.717) is 5.15 Å². The van der Waals surface area contributed by atoms with Crippen molar-refractivity contribution in [3.05, 3.63) is 101 Å². The van der Waals surface area contributed by atoms with Gasteiger partial charge < -0.3 is 9.67 Å². The molecule has 0 unspecified atom stereocenters. The Labute approximate surface area is 151 Å². The summed E-state index contributed by atoms with van der Waals surface area (Å²) in [5.41, 5.74) is 1.99. The van der Waals surface area contributed by atoms with Gasteiger partial charge in [-0.25, -0.2) is 4.98 Å². The van der Waals surface area contributed by atoms with Crippen molar-refractivity contribution in [3.8, 4) is 0 Å². The fourth-order valence-electron chi connectivity index (χ4n) is 3.40. The summed E-state index contributed by atoms with van der Waals surface area (Å²) >= 11 is 6.28. The Balaban J connectivity index is 2.06. The minimum absolute atomic E-state index is 0.433. The summed E-state index contributed by atoms with van der Waals surface area (Å²) in [7, 11) is 1.94. The van der Waals surface area contributed by atoms with Gasteiger partial charge >= 0.3 is 0 Å². The van der Waals surface area contributed by atoms with Gasteiger partial charge in [-0.3, -0.25) is 0 Å². The van der Waals surface area contributed by atoms with Gasteiger partial charge in [0, 0.05) is 18.6 Å². The number of pyridine rings is 1. The molecule has 0 bridgehead atoms. The third-order valence-corrected chi connectivity index (χ3v) is 4.98. The smallest absolute Gasteiger partial charge is 0.155 e. The number of fused-ring (bicyclic) bond motifs is 1. The molecule has 0 aliphatic heterocycles. The molecule has 25 heavy (non-hydrogen) atoms. The molecule has 2 heterocycles. The van der Waals surface area contributed by atoms with Crippen LogP contribution >= 0.6 is 11.6 Å². The quantitative estimate of drug-likeness (QED) is 0.553. The predicted octanol–water partition coefficient (Wildman–Crippen LogP) is 4.51. The molecule has 0 saturated heterocycles. The molecule has 3 nitrogen and oxygen atoms in total. The van der Waals surface area contributed by atoms with Gasteiger partial charge in [-0.15, -0.1) is 0 Å². The van der Waals surface area contributed by atoms with Crippen molar-refractivity contribution in [2.24, 2.45) is 7.05 Å². The second-order valence-electron chi connectivity index (χ2n) is 6.07. The normalized spacial score (nSPS) is 11.8. The van der Waals surface area contributed by atoms with E-state index in [2.05, 4.69) is 4.98 Å². The fourth-order valence-corrected chi connectivity index (χ4v) is 3.60. The first-order valence-corrected chi connectivity index (χ1v) is 8.44. The molecule has 0 spiro atoms. The minimum atomic E-state index is -1.29. The van der Waals surface area contributed by atoms with Crippen LogP contribution in [0.15, 0.2) is 79.0 Å². The van der Waals surface area contributed by atoms with Gasteiger partial charge in [0.25, 0.3) is 0 Å². The standard InChI is InChI=1S/C21H17ClN2O/c1-24-18-12-13-23-20(22)17(18)14-19(24)21(25,15-8-4-2-5-9-15)16-10-6-3-7-11-16/h2-14,25H,1H3. The van der Waals surface area contributed by atoms with E-state index < -0.39 is 5.60 Å². The van der Waals surface area contributed by atoms with Gasteiger partial charge in [-0.2, -0.15) is 0 Å². The van der Waals surface area contributed by atoms with Crippen molar-refractivity contribution < 1.29 is 5.11 Å². The minimum Gasteiger partial charge on any atom is -0.375 e. The highest BCUT2D eigenvalue weighted by Gasteiger charge is 2.36. The molecule has 4 heteroatoms. The van der Waals surface area contributed by atoms with Crippen LogP contribution < -0.4 is 0 Å². The van der Waals surface area contributed by atoms with E-state index in [9.17, 15) is 5.11 Å². The molecule has 2 aromatic carbocycles. The van der Waals surface area contributed by atoms with Crippen LogP contribution in [0.5, 0.6) is 0 Å². The number of rotatable bonds is 3. The largest absolute Gasteiger partial charge is 0.375 e. The number of aryl methyl sites for hydroxylation is 1. The lowest BCUT2D eigenvalue weighted by Gasteiger charge is -2.30. The van der Waals surface area contributed by atoms with Crippen LogP contribution in [0.4, 0.5) is 0 Å². The maximum absolute atomic E-state index is 11.9. The monoisotopic (exact) mass is 348 g/mol. The molecule has 0 atom stereocenters. The van der Waals surface area contributed by atoms with Crippen molar-refractivity contribution >= 4 is 22.5 Å². The van der Waals surface area contributed by atoms with Gasteiger partial charge in [0.2, 0.25) is 0 Å². The van der Waals surface area contributed by atoms with E-state index in [-0.39, 0.29) is 0 Å².